The normalized spacial score (nSPS) is 26.9. The molecule has 0 aromatic heterocycles. The summed E-state index contributed by atoms with van der Waals surface area (Å²) in [7, 11) is 0. The molecule has 1 spiro atoms. The summed E-state index contributed by atoms with van der Waals surface area (Å²) in [6.45, 7) is 54.5. The Kier molecular flexibility index (Phi) is 29.4. The molecule has 3 atom stereocenters. The van der Waals surface area contributed by atoms with Crippen molar-refractivity contribution in [1.82, 2.24) is 31.9 Å². The number of rotatable bonds is 26. The van der Waals surface area contributed by atoms with Gasteiger partial charge in [0.1, 0.15) is 43.2 Å². The predicted octanol–water partition coefficient (Wildman–Crippen LogP) is 14.8. The van der Waals surface area contributed by atoms with Gasteiger partial charge in [0.2, 0.25) is 0 Å². The van der Waals surface area contributed by atoms with Gasteiger partial charge in [-0.25, -0.2) is 38.5 Å². The van der Waals surface area contributed by atoms with Gasteiger partial charge in [0, 0.05) is 162 Å². The number of carbonyl (C=O) groups excluding carboxylic acids is 8. The molecule has 8 fully saturated rings. The molecule has 8 saturated heterocycles. The third-order valence-electron chi connectivity index (χ3n) is 22.6. The van der Waals surface area contributed by atoms with E-state index < -0.39 is 206 Å². The van der Waals surface area contributed by atoms with Crippen molar-refractivity contribution in [3.63, 3.8) is 0 Å². The molecule has 8 aliphatic rings. The van der Waals surface area contributed by atoms with Gasteiger partial charge in [0.25, 0.3) is 0 Å². The van der Waals surface area contributed by atoms with Crippen LogP contribution in [0.5, 0.6) is 0 Å². The minimum Gasteiger partial charge on any atom is -0.465 e. The molecule has 6 N–H and O–H groups in total. The molecule has 0 saturated carbocycles. The molecule has 32 heteroatoms. The van der Waals surface area contributed by atoms with Gasteiger partial charge < -0.3 is 108 Å². The van der Waals surface area contributed by atoms with Gasteiger partial charge >= 0.3 is 60.8 Å². The van der Waals surface area contributed by atoms with E-state index in [0.29, 0.717) is 89.9 Å². The van der Waals surface area contributed by atoms with Crippen LogP contribution in [0.2, 0.25) is 0 Å². The number of piperidine rings is 6. The summed E-state index contributed by atoms with van der Waals surface area (Å²) in [5, 5.41) is 21.3. The number of hydrogen-bond acceptors (Lipinski definition) is 32. The maximum atomic E-state index is 14.2. The van der Waals surface area contributed by atoms with Crippen molar-refractivity contribution in [3.05, 3.63) is 0 Å². The monoisotopic (exact) mass is 1670 g/mol. The Bertz CT molecular complexity index is 2890. The Morgan fingerprint density at radius 3 is 0.752 bits per heavy atom. The molecule has 117 heavy (non-hydrogen) atoms. The van der Waals surface area contributed by atoms with Crippen molar-refractivity contribution >= 4 is 48.9 Å². The highest BCUT2D eigenvalue weighted by Gasteiger charge is 2.55. The number of carbonyl (C=O) groups is 8. The zero-order valence-electron chi connectivity index (χ0n) is 75.7. The molecular weight excluding hydrogens is 1520 g/mol. The summed E-state index contributed by atoms with van der Waals surface area (Å²) in [6, 6.07) is 0. The van der Waals surface area contributed by atoms with Crippen molar-refractivity contribution in [2.45, 2.75) is 455 Å². The van der Waals surface area contributed by atoms with Crippen LogP contribution < -0.4 is 31.9 Å². The molecule has 0 aromatic carbocycles. The van der Waals surface area contributed by atoms with E-state index in [2.05, 4.69) is 31.9 Å². The highest BCUT2D eigenvalue weighted by molar-refractivity contribution is 5.70. The Balaban J connectivity index is 0.879. The second-order valence-corrected chi connectivity index (χ2v) is 44.1. The molecule has 0 radical (unpaired) electrons. The molecule has 32 nitrogen and oxygen atoms in total. The number of nitrogens with one attached hydrogen (secondary N) is 6. The van der Waals surface area contributed by atoms with Crippen LogP contribution in [-0.2, 0) is 95.2 Å². The van der Waals surface area contributed by atoms with Crippen LogP contribution in [0.25, 0.3) is 0 Å². The van der Waals surface area contributed by atoms with Crippen molar-refractivity contribution in [2.24, 2.45) is 10.8 Å². The average Bonchev–Trinajstić information content (AvgIpc) is 0.782. The minimum absolute atomic E-state index is 0.0308. The van der Waals surface area contributed by atoms with E-state index >= 15 is 0 Å². The zero-order valence-corrected chi connectivity index (χ0v) is 75.7. The molecule has 0 bridgehead atoms. The van der Waals surface area contributed by atoms with Crippen molar-refractivity contribution in [3.8, 4) is 0 Å². The smallest absolute Gasteiger partial charge is 0.465 e. The Morgan fingerprint density at radius 2 is 0.547 bits per heavy atom. The lowest BCUT2D eigenvalue weighted by atomic mass is 9.80. The highest BCUT2D eigenvalue weighted by Crippen LogP contribution is 2.44. The summed E-state index contributed by atoms with van der Waals surface area (Å²) in [6.07, 6.45) is -10.1. The van der Waals surface area contributed by atoms with Crippen LogP contribution in [0.3, 0.4) is 0 Å². The van der Waals surface area contributed by atoms with Gasteiger partial charge in [-0.05, 0) is 192 Å². The van der Waals surface area contributed by atoms with Crippen LogP contribution >= 0.6 is 0 Å². The van der Waals surface area contributed by atoms with Crippen LogP contribution in [0.15, 0.2) is 0 Å². The number of esters is 2. The van der Waals surface area contributed by atoms with E-state index in [9.17, 15) is 38.4 Å². The first kappa shape index (κ1) is 96.6. The van der Waals surface area contributed by atoms with Crippen LogP contribution in [0, 0.1) is 10.8 Å². The number of hydrogen-bond donors (Lipinski definition) is 6. The molecule has 8 rings (SSSR count). The fourth-order valence-corrected chi connectivity index (χ4v) is 20.1. The minimum atomic E-state index is -2.87. The fraction of sp³-hybridized carbons (Fsp3) is 0.906. The third kappa shape index (κ3) is 30.3. The van der Waals surface area contributed by atoms with Gasteiger partial charge in [-0.3, -0.25) is 9.59 Å². The van der Waals surface area contributed by atoms with Gasteiger partial charge in [-0.2, -0.15) is 0 Å². The van der Waals surface area contributed by atoms with Gasteiger partial charge in [0.15, 0.2) is 11.9 Å². The van der Waals surface area contributed by atoms with Crippen LogP contribution in [0.1, 0.15) is 322 Å². The summed E-state index contributed by atoms with van der Waals surface area (Å²) in [5.74, 6) is -7.13. The molecule has 3 unspecified atom stereocenters. The molecule has 0 amide bonds. The van der Waals surface area contributed by atoms with Crippen molar-refractivity contribution in [1.29, 1.82) is 0 Å². The fourth-order valence-electron chi connectivity index (χ4n) is 20.1. The Morgan fingerprint density at radius 1 is 0.325 bits per heavy atom. The standard InChI is InChI=1S/C85H146N6O26/c1-69(2,49-101-60(92)31-29-34-84(110-63(94)104-53-37-71(5,6)86-72(7,8)38-53,111-64(95)105-54-39-73(9,10)87-74(11,12)40-54)112-65(96)106-55-41-75(13,14)88-76(15,16)42-55)59-33-36-83(51-100-59)52-103-62(116-117-83)70(3,4)50-102-61(93)32-30-35-85(113-66(97)107-56-43-77(17,18)89-78(19,20)44-56,114-67(98)108-57-45-79(21,22)90-80(23,24)46-57)115-68(99)109-58-47-81(25,26)91-82(27,28)48-58/h53-59,62,86-91H,29-52H2,1-28H3. The van der Waals surface area contributed by atoms with Crippen molar-refractivity contribution < 1.29 is 124 Å². The maximum Gasteiger partial charge on any atom is 0.514 e. The van der Waals surface area contributed by atoms with Crippen LogP contribution in [-0.4, -0.2) is 208 Å². The summed E-state index contributed by atoms with van der Waals surface area (Å²) < 4.78 is 95.8. The lowest BCUT2D eigenvalue weighted by Gasteiger charge is -2.47. The maximum absolute atomic E-state index is 14.2. The molecular formula is C85H146N6O26. The predicted molar refractivity (Wildman–Crippen MR) is 428 cm³/mol. The topological polar surface area (TPSA) is 375 Å². The lowest BCUT2D eigenvalue weighted by Crippen LogP contribution is -2.60. The van der Waals surface area contributed by atoms with Crippen molar-refractivity contribution in [2.75, 3.05) is 26.4 Å². The molecule has 8 heterocycles. The Hall–Kier alpha value is -5.84. The second-order valence-electron chi connectivity index (χ2n) is 44.1. The van der Waals surface area contributed by atoms with Gasteiger partial charge in [0.05, 0.1) is 44.2 Å². The molecule has 0 aliphatic carbocycles. The second kappa shape index (κ2) is 35.5. The summed E-state index contributed by atoms with van der Waals surface area (Å²) in [5.41, 5.74) is -8.35. The van der Waals surface area contributed by atoms with E-state index in [0.717, 1.165) is 0 Å². The third-order valence-corrected chi connectivity index (χ3v) is 22.6. The number of ether oxygens (including phenoxy) is 16. The molecule has 8 aliphatic heterocycles. The van der Waals surface area contributed by atoms with E-state index in [-0.39, 0.29) is 52.1 Å². The Labute approximate surface area is 694 Å². The highest BCUT2D eigenvalue weighted by atomic mass is 17.2. The first-order chi connectivity index (χ1) is 53.1. The van der Waals surface area contributed by atoms with Gasteiger partial charge in [-0.1, -0.05) is 27.7 Å². The summed E-state index contributed by atoms with van der Waals surface area (Å²) in [4.78, 5) is 125. The largest absolute Gasteiger partial charge is 0.514 e. The average molecular weight is 1670 g/mol. The zero-order chi connectivity index (χ0) is 87.7. The van der Waals surface area contributed by atoms with E-state index in [1.165, 1.54) is 0 Å². The lowest BCUT2D eigenvalue weighted by molar-refractivity contribution is -0.497. The quantitative estimate of drug-likeness (QED) is 0.0203. The first-order valence-electron chi connectivity index (χ1n) is 42.2. The molecule has 0 aromatic rings. The first-order valence-corrected chi connectivity index (χ1v) is 42.2. The van der Waals surface area contributed by atoms with E-state index in [1.54, 1.807) is 13.8 Å². The van der Waals surface area contributed by atoms with Gasteiger partial charge in [-0.15, -0.1) is 0 Å². The van der Waals surface area contributed by atoms with Crippen LogP contribution in [0.4, 0.5) is 28.8 Å². The van der Waals surface area contributed by atoms with E-state index in [4.69, 9.17) is 85.6 Å². The van der Waals surface area contributed by atoms with E-state index in [1.807, 2.05) is 180 Å². The summed E-state index contributed by atoms with van der Waals surface area (Å²) >= 11 is 0. The SMILES string of the molecule is CC1(C)CC(OC(=O)OC(CCCC(=O)OCC(C)(C)C2CCC3(CO2)COC(C(C)(C)COC(=O)CCCC(OC(=O)OC2CC(C)(C)NC(C)(C)C2)(OC(=O)OC2CC(C)(C)NC(C)(C)C2)OC(=O)OC2CC(C)(C)NC(C)(C)C2)OO3)(OC(=O)OC2CC(C)(C)NC(C)(C)C2)OC(=O)OC2CC(C)(C)NC(C)(C)C2)CC(C)(C)N1. The molecule has 672 valence electrons.